The molecule has 2 amide bonds. The van der Waals surface area contributed by atoms with Crippen LogP contribution >= 0.6 is 23.2 Å². The lowest BCUT2D eigenvalue weighted by molar-refractivity contribution is -0.132. The molecular weight excluding hydrogens is 427 g/mol. The Morgan fingerprint density at radius 2 is 1.83 bits per heavy atom. The average Bonchev–Trinajstić information content (AvgIpc) is 2.69. The van der Waals surface area contributed by atoms with Crippen LogP contribution in [0.2, 0.25) is 10.0 Å². The van der Waals surface area contributed by atoms with Crippen molar-refractivity contribution in [2.24, 2.45) is 11.0 Å². The fraction of sp³-hybridized carbons (Fsp3) is 0.333. The van der Waals surface area contributed by atoms with Gasteiger partial charge in [0, 0.05) is 17.4 Å². The van der Waals surface area contributed by atoms with E-state index in [4.69, 9.17) is 27.9 Å². The molecule has 0 spiro atoms. The van der Waals surface area contributed by atoms with Crippen molar-refractivity contribution >= 4 is 41.2 Å². The van der Waals surface area contributed by atoms with Gasteiger partial charge in [-0.2, -0.15) is 5.10 Å². The predicted molar refractivity (Wildman–Crippen MR) is 118 cm³/mol. The van der Waals surface area contributed by atoms with Crippen LogP contribution in [0.4, 0.5) is 0 Å². The van der Waals surface area contributed by atoms with Crippen molar-refractivity contribution in [3.8, 4) is 5.75 Å². The number of carbonyl (C=O) groups excluding carboxylic acids is 2. The summed E-state index contributed by atoms with van der Waals surface area (Å²) in [5.74, 6) is -0.360. The van der Waals surface area contributed by atoms with Crippen molar-refractivity contribution in [1.82, 2.24) is 15.7 Å². The number of benzene rings is 1. The number of halogens is 2. The van der Waals surface area contributed by atoms with E-state index in [2.05, 4.69) is 20.8 Å². The van der Waals surface area contributed by atoms with Crippen LogP contribution in [0.1, 0.15) is 32.8 Å². The highest BCUT2D eigenvalue weighted by Crippen LogP contribution is 2.28. The molecule has 2 N–H and O–H groups in total. The summed E-state index contributed by atoms with van der Waals surface area (Å²) < 4.78 is 5.62. The largest absolute Gasteiger partial charge is 0.479 e. The number of amides is 2. The van der Waals surface area contributed by atoms with Crippen LogP contribution in [0, 0.1) is 5.92 Å². The fourth-order valence-corrected chi connectivity index (χ4v) is 2.96. The van der Waals surface area contributed by atoms with Gasteiger partial charge in [-0.3, -0.25) is 14.6 Å². The number of ether oxygens (including phenoxy) is 1. The van der Waals surface area contributed by atoms with E-state index in [1.165, 1.54) is 12.3 Å². The molecule has 0 aliphatic rings. The SMILES string of the molecule is CC(C)C[C@@H](NC(=O)[C@@H](C)Oc1ccc(Cl)cc1Cl)C(=O)N/N=C\c1ccncc1. The number of pyridine rings is 1. The van der Waals surface area contributed by atoms with E-state index in [1.807, 2.05) is 13.8 Å². The van der Waals surface area contributed by atoms with Crippen LogP contribution in [0.3, 0.4) is 0 Å². The highest BCUT2D eigenvalue weighted by molar-refractivity contribution is 6.35. The molecule has 2 aromatic rings. The molecule has 1 aromatic carbocycles. The third-order valence-electron chi connectivity index (χ3n) is 4.00. The van der Waals surface area contributed by atoms with E-state index in [0.29, 0.717) is 22.2 Å². The smallest absolute Gasteiger partial charge is 0.262 e. The summed E-state index contributed by atoms with van der Waals surface area (Å²) in [5, 5.41) is 7.42. The highest BCUT2D eigenvalue weighted by Gasteiger charge is 2.25. The zero-order valence-electron chi connectivity index (χ0n) is 16.9. The van der Waals surface area contributed by atoms with Gasteiger partial charge in [-0.1, -0.05) is 37.0 Å². The number of hydrogen-bond donors (Lipinski definition) is 2. The zero-order valence-corrected chi connectivity index (χ0v) is 18.4. The quantitative estimate of drug-likeness (QED) is 0.448. The summed E-state index contributed by atoms with van der Waals surface area (Å²) in [7, 11) is 0. The number of rotatable bonds is 9. The first-order chi connectivity index (χ1) is 14.3. The first-order valence-corrected chi connectivity index (χ1v) is 10.2. The predicted octanol–water partition coefficient (Wildman–Crippen LogP) is 3.84. The third kappa shape index (κ3) is 7.65. The van der Waals surface area contributed by atoms with Gasteiger partial charge in [-0.25, -0.2) is 5.43 Å². The molecule has 0 radical (unpaired) electrons. The second kappa shape index (κ2) is 11.5. The van der Waals surface area contributed by atoms with Crippen LogP contribution in [0.5, 0.6) is 5.75 Å². The van der Waals surface area contributed by atoms with E-state index in [1.54, 1.807) is 43.6 Å². The van der Waals surface area contributed by atoms with Crippen molar-refractivity contribution in [1.29, 1.82) is 0 Å². The van der Waals surface area contributed by atoms with Gasteiger partial charge >= 0.3 is 0 Å². The average molecular weight is 451 g/mol. The lowest BCUT2D eigenvalue weighted by atomic mass is 10.0. The molecule has 0 saturated carbocycles. The second-order valence-corrected chi connectivity index (χ2v) is 7.88. The Kier molecular flexibility index (Phi) is 9.08. The maximum Gasteiger partial charge on any atom is 0.262 e. The Bertz CT molecular complexity index is 891. The molecule has 1 aromatic heterocycles. The van der Waals surface area contributed by atoms with Crippen LogP contribution in [0.15, 0.2) is 47.8 Å². The number of hydrazone groups is 1. The molecule has 2 atom stereocenters. The normalized spacial score (nSPS) is 13.1. The minimum absolute atomic E-state index is 0.173. The van der Waals surface area contributed by atoms with Gasteiger partial charge in [0.15, 0.2) is 6.10 Å². The number of nitrogens with one attached hydrogen (secondary N) is 2. The third-order valence-corrected chi connectivity index (χ3v) is 4.53. The Labute approximate surface area is 185 Å². The Hall–Kier alpha value is -2.64. The van der Waals surface area contributed by atoms with Gasteiger partial charge in [-0.05, 0) is 55.2 Å². The molecule has 0 aliphatic heterocycles. The van der Waals surface area contributed by atoms with E-state index in [9.17, 15) is 9.59 Å². The van der Waals surface area contributed by atoms with Gasteiger partial charge < -0.3 is 10.1 Å². The summed E-state index contributed by atoms with van der Waals surface area (Å²) in [6, 6.07) is 7.47. The molecular formula is C21H24Cl2N4O3. The molecule has 7 nitrogen and oxygen atoms in total. The maximum absolute atomic E-state index is 12.6. The Morgan fingerprint density at radius 1 is 1.13 bits per heavy atom. The topological polar surface area (TPSA) is 92.7 Å². The Morgan fingerprint density at radius 3 is 2.47 bits per heavy atom. The second-order valence-electron chi connectivity index (χ2n) is 7.04. The molecule has 0 bridgehead atoms. The van der Waals surface area contributed by atoms with Gasteiger partial charge in [-0.15, -0.1) is 0 Å². The van der Waals surface area contributed by atoms with Crippen molar-refractivity contribution in [2.45, 2.75) is 39.3 Å². The molecule has 1 heterocycles. The number of hydrogen-bond acceptors (Lipinski definition) is 5. The lowest BCUT2D eigenvalue weighted by Gasteiger charge is -2.22. The van der Waals surface area contributed by atoms with E-state index in [-0.39, 0.29) is 5.92 Å². The lowest BCUT2D eigenvalue weighted by Crippen LogP contribution is -2.49. The van der Waals surface area contributed by atoms with E-state index in [0.717, 1.165) is 5.56 Å². The van der Waals surface area contributed by atoms with Gasteiger partial charge in [0.05, 0.1) is 11.2 Å². The monoisotopic (exact) mass is 450 g/mol. The number of carbonyl (C=O) groups is 2. The Balaban J connectivity index is 1.98. The van der Waals surface area contributed by atoms with Crippen LogP contribution in [-0.4, -0.2) is 35.2 Å². The molecule has 0 aliphatic carbocycles. The fourth-order valence-electron chi connectivity index (χ4n) is 2.50. The maximum atomic E-state index is 12.6. The summed E-state index contributed by atoms with van der Waals surface area (Å²) in [6.45, 7) is 5.49. The molecule has 9 heteroatoms. The zero-order chi connectivity index (χ0) is 22.1. The summed E-state index contributed by atoms with van der Waals surface area (Å²) in [5.41, 5.74) is 3.25. The first kappa shape index (κ1) is 23.6. The molecule has 30 heavy (non-hydrogen) atoms. The standard InChI is InChI=1S/C21H24Cl2N4O3/c1-13(2)10-18(21(29)27-25-12-15-6-8-24-9-7-15)26-20(28)14(3)30-19-5-4-16(22)11-17(19)23/h4-9,11-14,18H,10H2,1-3H3,(H,26,28)(H,27,29)/b25-12-/t14-,18-/m1/s1. The molecule has 0 saturated heterocycles. The minimum atomic E-state index is -0.869. The van der Waals surface area contributed by atoms with Crippen molar-refractivity contribution in [3.63, 3.8) is 0 Å². The van der Waals surface area contributed by atoms with Crippen molar-refractivity contribution < 1.29 is 14.3 Å². The number of aromatic nitrogens is 1. The molecule has 2 rings (SSSR count). The van der Waals surface area contributed by atoms with Crippen molar-refractivity contribution in [2.75, 3.05) is 0 Å². The minimum Gasteiger partial charge on any atom is -0.479 e. The van der Waals surface area contributed by atoms with Gasteiger partial charge in [0.1, 0.15) is 11.8 Å². The van der Waals surface area contributed by atoms with Gasteiger partial charge in [0.2, 0.25) is 0 Å². The first-order valence-electron chi connectivity index (χ1n) is 9.41. The summed E-state index contributed by atoms with van der Waals surface area (Å²) >= 11 is 12.0. The van der Waals surface area contributed by atoms with Crippen molar-refractivity contribution in [3.05, 3.63) is 58.3 Å². The van der Waals surface area contributed by atoms with Crippen LogP contribution in [-0.2, 0) is 9.59 Å². The van der Waals surface area contributed by atoms with Crippen LogP contribution < -0.4 is 15.5 Å². The summed E-state index contributed by atoms with van der Waals surface area (Å²) in [4.78, 5) is 29.1. The van der Waals surface area contributed by atoms with Gasteiger partial charge in [0.25, 0.3) is 11.8 Å². The van der Waals surface area contributed by atoms with E-state index >= 15 is 0 Å². The molecule has 0 fully saturated rings. The number of nitrogens with zero attached hydrogens (tertiary/aromatic N) is 2. The molecule has 160 valence electrons. The highest BCUT2D eigenvalue weighted by atomic mass is 35.5. The summed E-state index contributed by atoms with van der Waals surface area (Å²) in [6.07, 6.45) is 4.32. The van der Waals surface area contributed by atoms with E-state index < -0.39 is 24.0 Å². The molecule has 0 unspecified atom stereocenters. The van der Waals surface area contributed by atoms with Crippen LogP contribution in [0.25, 0.3) is 0 Å².